The molecule has 0 amide bonds. The maximum atomic E-state index is 10.2. The van der Waals surface area contributed by atoms with Crippen molar-refractivity contribution >= 4 is 5.69 Å². The van der Waals surface area contributed by atoms with Gasteiger partial charge in [-0.3, -0.25) is 0 Å². The number of hydrogen-bond donors (Lipinski definition) is 0. The first-order valence-electron chi connectivity index (χ1n) is 8.98. The summed E-state index contributed by atoms with van der Waals surface area (Å²) < 4.78 is 0. The van der Waals surface area contributed by atoms with Crippen LogP contribution in [0.3, 0.4) is 0 Å². The minimum absolute atomic E-state index is 0.487. The SMILES string of the molecule is [C-]#[N+]c1cc(-c2ccccc2)c(-c2ccccc2)c(C#N)c1-c1ccccc1. The summed E-state index contributed by atoms with van der Waals surface area (Å²) in [4.78, 5) is 3.78. The van der Waals surface area contributed by atoms with E-state index in [1.165, 1.54) is 0 Å². The van der Waals surface area contributed by atoms with Gasteiger partial charge in [-0.1, -0.05) is 91.0 Å². The average Bonchev–Trinajstić information content (AvgIpc) is 2.79. The van der Waals surface area contributed by atoms with Crippen molar-refractivity contribution < 1.29 is 0 Å². The summed E-state index contributed by atoms with van der Waals surface area (Å²) in [5, 5.41) is 10.2. The summed E-state index contributed by atoms with van der Waals surface area (Å²) in [6.45, 7) is 7.76. The van der Waals surface area contributed by atoms with Crippen LogP contribution in [0.15, 0.2) is 97.1 Å². The Morgan fingerprint density at radius 2 is 1.11 bits per heavy atom. The molecule has 4 rings (SSSR count). The first kappa shape index (κ1) is 17.3. The van der Waals surface area contributed by atoms with Crippen molar-refractivity contribution in [2.45, 2.75) is 0 Å². The van der Waals surface area contributed by atoms with Crippen LogP contribution in [0.5, 0.6) is 0 Å². The van der Waals surface area contributed by atoms with Crippen LogP contribution in [0.25, 0.3) is 38.2 Å². The number of nitrogens with zero attached hydrogens (tertiary/aromatic N) is 2. The predicted molar refractivity (Wildman–Crippen MR) is 114 cm³/mol. The molecule has 4 aromatic rings. The molecule has 0 aliphatic heterocycles. The fourth-order valence-corrected chi connectivity index (χ4v) is 3.52. The normalized spacial score (nSPS) is 10.1. The van der Waals surface area contributed by atoms with E-state index in [9.17, 15) is 5.26 Å². The number of nitriles is 1. The van der Waals surface area contributed by atoms with Crippen molar-refractivity contribution in [1.82, 2.24) is 0 Å². The number of hydrogen-bond acceptors (Lipinski definition) is 1. The summed E-state index contributed by atoms with van der Waals surface area (Å²) in [5.74, 6) is 0. The van der Waals surface area contributed by atoms with Gasteiger partial charge in [0.1, 0.15) is 0 Å². The van der Waals surface area contributed by atoms with Gasteiger partial charge in [0.2, 0.25) is 0 Å². The summed E-state index contributed by atoms with van der Waals surface area (Å²) in [6, 6.07) is 33.8. The smallest absolute Gasteiger partial charge is 0.196 e. The third-order valence-electron chi connectivity index (χ3n) is 4.75. The molecule has 4 aromatic carbocycles. The van der Waals surface area contributed by atoms with Gasteiger partial charge in [-0.05, 0) is 28.3 Å². The zero-order valence-corrected chi connectivity index (χ0v) is 15.1. The lowest BCUT2D eigenvalue weighted by atomic mass is 9.85. The van der Waals surface area contributed by atoms with Crippen LogP contribution in [0.2, 0.25) is 0 Å². The van der Waals surface area contributed by atoms with Gasteiger partial charge >= 0.3 is 0 Å². The van der Waals surface area contributed by atoms with Crippen molar-refractivity contribution in [2.75, 3.05) is 0 Å². The Hall–Kier alpha value is -4.14. The van der Waals surface area contributed by atoms with E-state index in [1.54, 1.807) is 0 Å². The average molecular weight is 356 g/mol. The van der Waals surface area contributed by atoms with E-state index in [4.69, 9.17) is 6.57 Å². The highest BCUT2D eigenvalue weighted by Gasteiger charge is 2.21. The Morgan fingerprint density at radius 1 is 0.643 bits per heavy atom. The molecular weight excluding hydrogens is 340 g/mol. The Labute approximate surface area is 164 Å². The molecule has 0 radical (unpaired) electrons. The van der Waals surface area contributed by atoms with E-state index in [0.717, 1.165) is 27.8 Å². The van der Waals surface area contributed by atoms with E-state index in [2.05, 4.69) is 10.9 Å². The van der Waals surface area contributed by atoms with Crippen LogP contribution >= 0.6 is 0 Å². The standard InChI is InChI=1S/C26H16N2/c1-28-24-17-22(19-11-5-2-6-12-19)25(20-13-7-3-8-14-20)23(18-27)26(24)21-15-9-4-10-16-21/h2-17H. The topological polar surface area (TPSA) is 28.1 Å². The first-order valence-corrected chi connectivity index (χ1v) is 8.98. The van der Waals surface area contributed by atoms with Crippen LogP contribution < -0.4 is 0 Å². The zero-order chi connectivity index (χ0) is 19.3. The zero-order valence-electron chi connectivity index (χ0n) is 15.1. The van der Waals surface area contributed by atoms with Crippen LogP contribution in [-0.2, 0) is 0 Å². The maximum Gasteiger partial charge on any atom is 0.196 e. The summed E-state index contributed by atoms with van der Waals surface area (Å²) in [5.41, 5.74) is 6.30. The van der Waals surface area contributed by atoms with E-state index in [-0.39, 0.29) is 0 Å². The lowest BCUT2D eigenvalue weighted by molar-refractivity contribution is 1.47. The monoisotopic (exact) mass is 356 g/mol. The number of rotatable bonds is 3. The quantitative estimate of drug-likeness (QED) is 0.359. The van der Waals surface area contributed by atoms with Crippen LogP contribution in [0, 0.1) is 17.9 Å². The molecule has 130 valence electrons. The Morgan fingerprint density at radius 3 is 1.57 bits per heavy atom. The molecule has 0 fully saturated rings. The third-order valence-corrected chi connectivity index (χ3v) is 4.75. The maximum absolute atomic E-state index is 10.2. The molecule has 0 aliphatic rings. The summed E-state index contributed by atoms with van der Waals surface area (Å²) in [7, 11) is 0. The van der Waals surface area contributed by atoms with Crippen molar-refractivity contribution in [3.05, 3.63) is 114 Å². The third kappa shape index (κ3) is 3.05. The molecule has 0 unspecified atom stereocenters. The largest absolute Gasteiger partial charge is 0.237 e. The molecule has 0 spiro atoms. The highest BCUT2D eigenvalue weighted by Crippen LogP contribution is 2.45. The van der Waals surface area contributed by atoms with Crippen molar-refractivity contribution in [2.24, 2.45) is 0 Å². The molecule has 0 saturated carbocycles. The Balaban J connectivity index is 2.15. The first-order chi connectivity index (χ1) is 13.8. The minimum Gasteiger partial charge on any atom is -0.237 e. The van der Waals surface area contributed by atoms with Gasteiger partial charge in [-0.15, -0.1) is 0 Å². The molecule has 0 heterocycles. The van der Waals surface area contributed by atoms with Gasteiger partial charge in [0.15, 0.2) is 5.69 Å². The van der Waals surface area contributed by atoms with Gasteiger partial charge in [0, 0.05) is 11.1 Å². The molecule has 0 saturated heterocycles. The van der Waals surface area contributed by atoms with Gasteiger partial charge in [-0.25, -0.2) is 4.85 Å². The molecule has 2 nitrogen and oxygen atoms in total. The Kier molecular flexibility index (Phi) is 4.70. The lowest BCUT2D eigenvalue weighted by Gasteiger charge is -2.18. The van der Waals surface area contributed by atoms with Gasteiger partial charge < -0.3 is 0 Å². The predicted octanol–water partition coefficient (Wildman–Crippen LogP) is 7.11. The van der Waals surface area contributed by atoms with Crippen molar-refractivity contribution in [1.29, 1.82) is 5.26 Å². The van der Waals surface area contributed by atoms with Crippen molar-refractivity contribution in [3.8, 4) is 39.4 Å². The summed E-state index contributed by atoms with van der Waals surface area (Å²) in [6.07, 6.45) is 0. The second-order valence-corrected chi connectivity index (χ2v) is 6.39. The van der Waals surface area contributed by atoms with Gasteiger partial charge in [0.05, 0.1) is 18.2 Å². The van der Waals surface area contributed by atoms with Crippen LogP contribution in [-0.4, -0.2) is 0 Å². The Bertz CT molecular complexity index is 1200. The molecule has 0 bridgehead atoms. The van der Waals surface area contributed by atoms with Gasteiger partial charge in [-0.2, -0.15) is 5.26 Å². The molecule has 0 aliphatic carbocycles. The van der Waals surface area contributed by atoms with E-state index in [0.29, 0.717) is 16.8 Å². The molecule has 28 heavy (non-hydrogen) atoms. The van der Waals surface area contributed by atoms with Crippen LogP contribution in [0.4, 0.5) is 5.69 Å². The molecule has 0 atom stereocenters. The minimum atomic E-state index is 0.487. The molecular formula is C26H16N2. The highest BCUT2D eigenvalue weighted by atomic mass is 14.7. The number of benzene rings is 4. The van der Waals surface area contributed by atoms with E-state index < -0.39 is 0 Å². The molecule has 2 heteroatoms. The fraction of sp³-hybridized carbons (Fsp3) is 0. The molecule has 0 aromatic heterocycles. The highest BCUT2D eigenvalue weighted by molar-refractivity contribution is 5.98. The van der Waals surface area contributed by atoms with Gasteiger partial charge in [0.25, 0.3) is 0 Å². The second-order valence-electron chi connectivity index (χ2n) is 6.39. The van der Waals surface area contributed by atoms with E-state index >= 15 is 0 Å². The molecule has 0 N–H and O–H groups in total. The second kappa shape index (κ2) is 7.62. The fourth-order valence-electron chi connectivity index (χ4n) is 3.52. The van der Waals surface area contributed by atoms with Crippen molar-refractivity contribution in [3.63, 3.8) is 0 Å². The van der Waals surface area contributed by atoms with E-state index in [1.807, 2.05) is 97.1 Å². The summed E-state index contributed by atoms with van der Waals surface area (Å²) >= 11 is 0. The lowest BCUT2D eigenvalue weighted by Crippen LogP contribution is -1.95. The van der Waals surface area contributed by atoms with Crippen LogP contribution in [0.1, 0.15) is 5.56 Å².